The lowest BCUT2D eigenvalue weighted by molar-refractivity contribution is 0.0537. The lowest BCUT2D eigenvalue weighted by atomic mass is 10.3. The first-order valence-corrected chi connectivity index (χ1v) is 9.95. The first-order valence-electron chi connectivity index (χ1n) is 9.95. The van der Waals surface area contributed by atoms with Crippen molar-refractivity contribution in [2.45, 2.75) is 369 Å². The van der Waals surface area contributed by atoms with Crippen molar-refractivity contribution in [2.75, 3.05) is 55.9 Å². The van der Waals surface area contributed by atoms with Crippen molar-refractivity contribution in [1.82, 2.24) is 0 Å². The largest absolute Gasteiger partial charge is 0.412 e. The lowest BCUT2D eigenvalue weighted by Gasteiger charge is -2.08. The van der Waals surface area contributed by atoms with Crippen LogP contribution in [0.15, 0.2) is 0 Å². The maximum Gasteiger partial charge on any atom is 0.0544 e. The summed E-state index contributed by atoms with van der Waals surface area (Å²) in [4.78, 5) is 0. The molecule has 32 heteroatoms. The van der Waals surface area contributed by atoms with Crippen LogP contribution >= 0.6 is 0 Å². The molecule has 0 aromatic carbocycles. The van der Waals surface area contributed by atoms with Gasteiger partial charge in [0.25, 0.3) is 0 Å². The second-order valence-corrected chi connectivity index (χ2v) is 4.44. The third kappa shape index (κ3) is 7060. The zero-order chi connectivity index (χ0) is 23.5. The van der Waals surface area contributed by atoms with Crippen LogP contribution in [0.1, 0.15) is 357 Å². The van der Waals surface area contributed by atoms with E-state index in [1.165, 1.54) is 0 Å². The Morgan fingerprint density at radius 3 is 0.363 bits per heavy atom. The molecule has 91 heavy (non-hydrogen) atoms. The third-order valence-electron chi connectivity index (χ3n) is 2.26. The van der Waals surface area contributed by atoms with E-state index < -0.39 is 0 Å². The minimum Gasteiger partial charge on any atom is -0.412 e. The molecule has 0 saturated carbocycles. The molecule has 0 aromatic rings. The molecule has 32 nitrogen and oxygen atoms in total. The number of ether oxygens (including phenoxy) is 4. The number of hydrogen-bond donors (Lipinski definition) is 2. The minimum atomic E-state index is 0. The maximum atomic E-state index is 8.37. The molecule has 0 radical (unpaired) electrons. The summed E-state index contributed by atoms with van der Waals surface area (Å²) in [7, 11) is 9.23. The molecule has 0 spiro atoms. The number of methoxy groups -OCH3 is 3. The van der Waals surface area contributed by atoms with E-state index in [4.69, 9.17) is 19.7 Å². The van der Waals surface area contributed by atoms with Gasteiger partial charge in [-0.05, 0) is 33.1 Å². The fraction of sp³-hybridized carbons (Fsp3) is 1.00. The van der Waals surface area contributed by atoms with Gasteiger partial charge < -0.3 is 172 Å². The molecule has 0 unspecified atom stereocenters. The topological polar surface area (TPSA) is 896 Å². The van der Waals surface area contributed by atoms with Crippen LogP contribution in [-0.4, -0.2) is 221 Å². The Labute approximate surface area is 595 Å². The smallest absolute Gasteiger partial charge is 0.0544 e. The van der Waals surface area contributed by atoms with Crippen LogP contribution in [0.4, 0.5) is 0 Å². The second-order valence-electron chi connectivity index (χ2n) is 4.44. The SMILES string of the molecule is C.C.C.C.C.C.C.C.C.C.C.C.C.C.C.C.C.C.C.C.C.C.C.C.C.C.C.C.C.C.C.C.C.C.C.C.C.C.CC.CC.CC[C@@H](C)OC.CC[C@@H](C)OCCCO.CO.COC.COC.O.O.O.O.O.O.O.O.O.O.O.O.O.O.O.O.O.O.O.O.O.O.O.O.O.O. The van der Waals surface area contributed by atoms with E-state index in [-0.39, 0.29) is 431 Å². The normalized spacial score (nSPS) is 2.90. The van der Waals surface area contributed by atoms with E-state index in [0.717, 1.165) is 26.4 Å². The summed E-state index contributed by atoms with van der Waals surface area (Å²) < 4.78 is 18.7. The van der Waals surface area contributed by atoms with Gasteiger partial charge >= 0.3 is 0 Å². The van der Waals surface area contributed by atoms with Crippen LogP contribution in [-0.2, 0) is 18.9 Å². The molecule has 0 bridgehead atoms. The van der Waals surface area contributed by atoms with E-state index in [2.05, 4.69) is 30.2 Å². The molecule has 0 fully saturated rings. The van der Waals surface area contributed by atoms with Gasteiger partial charge in [-0.15, -0.1) is 0 Å². The van der Waals surface area contributed by atoms with Gasteiger partial charge in [-0.3, -0.25) is 0 Å². The fourth-order valence-electron chi connectivity index (χ4n) is 0.634. The maximum absolute atomic E-state index is 8.37. The zero-order valence-corrected chi connectivity index (χ0v) is 34.2. The lowest BCUT2D eigenvalue weighted by Crippen LogP contribution is -2.08. The van der Waals surface area contributed by atoms with E-state index in [1.807, 2.05) is 34.6 Å². The van der Waals surface area contributed by atoms with Crippen LogP contribution in [0.25, 0.3) is 0 Å². The molecular weight excluding hydrogens is 1220 g/mol. The van der Waals surface area contributed by atoms with Gasteiger partial charge in [0.15, 0.2) is 0 Å². The molecule has 2 atom stereocenters. The Bertz CT molecular complexity index is 196. The molecular formula is C59H260O32. The van der Waals surface area contributed by atoms with Crippen molar-refractivity contribution in [3.63, 3.8) is 0 Å². The Kier molecular flexibility index (Phi) is 80300. The molecule has 54 N–H and O–H groups in total. The van der Waals surface area contributed by atoms with E-state index >= 15 is 0 Å². The van der Waals surface area contributed by atoms with Crippen molar-refractivity contribution < 1.29 is 172 Å². The number of aliphatic hydroxyl groups excluding tert-OH is 2. The molecule has 0 aromatic heterocycles. The Morgan fingerprint density at radius 1 is 0.231 bits per heavy atom. The van der Waals surface area contributed by atoms with Gasteiger partial charge in [-0.2, -0.15) is 0 Å². The summed E-state index contributed by atoms with van der Waals surface area (Å²) in [5.41, 5.74) is 0. The predicted molar refractivity (Wildman–Crippen MR) is 471 cm³/mol. The third-order valence-corrected chi connectivity index (χ3v) is 2.26. The number of aliphatic hydroxyl groups is 2. The Hall–Kier alpha value is -1.28. The molecule has 0 aliphatic heterocycles. The van der Waals surface area contributed by atoms with Crippen molar-refractivity contribution >= 4 is 0 Å². The quantitative estimate of drug-likeness (QED) is 0.242. The molecule has 0 amide bonds. The van der Waals surface area contributed by atoms with E-state index in [0.29, 0.717) is 18.8 Å². The van der Waals surface area contributed by atoms with Crippen LogP contribution in [0.3, 0.4) is 0 Å². The zero-order valence-electron chi connectivity index (χ0n) is 34.2. The summed E-state index contributed by atoms with van der Waals surface area (Å²) in [5, 5.41) is 15.4. The van der Waals surface area contributed by atoms with Crippen LogP contribution in [0.5, 0.6) is 0 Å². The molecule has 0 rings (SSSR count). The Balaban J connectivity index is -0.000000000683. The van der Waals surface area contributed by atoms with Gasteiger partial charge in [0.2, 0.25) is 0 Å². The first-order chi connectivity index (χ1) is 12.9. The summed E-state index contributed by atoms with van der Waals surface area (Å²) in [5.74, 6) is 0. The highest BCUT2D eigenvalue weighted by atomic mass is 16.5. The first kappa shape index (κ1) is 2020. The predicted octanol–water partition coefficient (Wildman–Crippen LogP) is 7.53. The van der Waals surface area contributed by atoms with Crippen molar-refractivity contribution in [1.29, 1.82) is 0 Å². The van der Waals surface area contributed by atoms with Gasteiger partial charge in [0.05, 0.1) is 12.2 Å². The van der Waals surface area contributed by atoms with Gasteiger partial charge in [-0.1, -0.05) is 324 Å². The number of rotatable bonds is 7. The summed E-state index contributed by atoms with van der Waals surface area (Å²) in [6.07, 6.45) is 3.69. The average molecular weight is 1480 g/mol. The monoisotopic (exact) mass is 1480 g/mol. The van der Waals surface area contributed by atoms with E-state index in [9.17, 15) is 0 Å². The minimum absolute atomic E-state index is 0. The van der Waals surface area contributed by atoms with E-state index in [1.54, 1.807) is 35.5 Å². The van der Waals surface area contributed by atoms with Gasteiger partial charge in [0, 0.05) is 55.9 Å². The second kappa shape index (κ2) is 3630. The molecule has 0 saturated heterocycles. The summed E-state index contributed by atoms with van der Waals surface area (Å²) in [6.45, 7) is 17.2. The molecule has 688 valence electrons. The van der Waals surface area contributed by atoms with Crippen molar-refractivity contribution in [3.8, 4) is 0 Å². The molecule has 0 aliphatic carbocycles. The highest BCUT2D eigenvalue weighted by molar-refractivity contribution is 4.43. The standard InChI is InChI=1S/C7H16O2.C5H12O.2C2H6O.2C2H6.CH4O.38CH4.26H2O/c1-3-7(2)9-6-4-5-8;1-4-5(2)6-3;2*1-3-2;3*1-2;;;;;;;;;;;;;;;;;;;;;;;;;;;;;;;;;;;;;;;;;;;;;;;;;;;;;;;;;;;;;;;;/h7-8H,3-6H2,1-2H3;5H,4H2,1-3H3;2*1-2H3;2*1-2H3;2H,1H3;38*1H4;26*1H2/t7-;5-;;;;;;;;;;;;;;;;;;;;;;;;;;;;;;;;;;;;;;;;;;;;;;;;;;;;;;;;;;;;;;;;;;;;;/m11...................................................................../s1. The van der Waals surface area contributed by atoms with Crippen molar-refractivity contribution in [2.24, 2.45) is 0 Å². The van der Waals surface area contributed by atoms with Gasteiger partial charge in [-0.25, -0.2) is 0 Å². The molecule has 0 aliphatic rings. The highest BCUT2D eigenvalue weighted by Crippen LogP contribution is 1.95. The number of hydrogen-bond acceptors (Lipinski definition) is 6. The van der Waals surface area contributed by atoms with Gasteiger partial charge in [0.1, 0.15) is 0 Å². The molecule has 0 heterocycles. The van der Waals surface area contributed by atoms with Crippen molar-refractivity contribution in [3.05, 3.63) is 0 Å². The van der Waals surface area contributed by atoms with Crippen LogP contribution in [0.2, 0.25) is 0 Å². The Morgan fingerprint density at radius 2 is 0.319 bits per heavy atom. The van der Waals surface area contributed by atoms with Crippen LogP contribution < -0.4 is 0 Å². The summed E-state index contributed by atoms with van der Waals surface area (Å²) >= 11 is 0. The average Bonchev–Trinajstić information content (AvgIpc) is 2.73. The van der Waals surface area contributed by atoms with Crippen LogP contribution in [0, 0.1) is 0 Å². The summed E-state index contributed by atoms with van der Waals surface area (Å²) in [6, 6.07) is 0. The highest BCUT2D eigenvalue weighted by Gasteiger charge is 1.95. The fourth-order valence-corrected chi connectivity index (χ4v) is 0.634.